The molecule has 0 aromatic heterocycles. The second-order valence-electron chi connectivity index (χ2n) is 4.48. The third kappa shape index (κ3) is 3.37. The van der Waals surface area contributed by atoms with Gasteiger partial charge in [0.05, 0.1) is 0 Å². The Morgan fingerprint density at radius 3 is 2.53 bits per heavy atom. The average molecular weight is 228 g/mol. The molecule has 1 saturated heterocycles. The molecule has 0 radical (unpaired) electrons. The van der Waals surface area contributed by atoms with E-state index in [0.717, 1.165) is 19.0 Å². The van der Waals surface area contributed by atoms with Gasteiger partial charge in [0.2, 0.25) is 0 Å². The highest BCUT2D eigenvalue weighted by atomic mass is 32.2. The summed E-state index contributed by atoms with van der Waals surface area (Å²) in [4.78, 5) is 0. The van der Waals surface area contributed by atoms with Gasteiger partial charge >= 0.3 is 0 Å². The Balaban J connectivity index is 2.78. The predicted molar refractivity (Wildman–Crippen MR) is 68.5 cm³/mol. The maximum Gasteiger partial charge on any atom is 0.0417 e. The van der Waals surface area contributed by atoms with E-state index in [-0.39, 0.29) is 10.1 Å². The Bertz CT molecular complexity index is 309. The van der Waals surface area contributed by atoms with Crippen molar-refractivity contribution in [3.63, 3.8) is 0 Å². The molecule has 0 spiro atoms. The molecule has 0 bridgehead atoms. The van der Waals surface area contributed by atoms with Crippen molar-refractivity contribution in [1.82, 2.24) is 5.32 Å². The molecule has 2 unspecified atom stereocenters. The Kier molecular flexibility index (Phi) is 5.44. The maximum absolute atomic E-state index is 8.14. The molecular formula is C12H24N2S. The van der Waals surface area contributed by atoms with Gasteiger partial charge in [0.1, 0.15) is 0 Å². The summed E-state index contributed by atoms with van der Waals surface area (Å²) in [5, 5.41) is 7.10. The van der Waals surface area contributed by atoms with Crippen LogP contribution in [-0.4, -0.2) is 18.3 Å². The molecule has 88 valence electrons. The quantitative estimate of drug-likeness (QED) is 0.765. The van der Waals surface area contributed by atoms with Gasteiger partial charge in [-0.25, -0.2) is 0 Å². The van der Waals surface area contributed by atoms with E-state index in [1.165, 1.54) is 19.3 Å². The van der Waals surface area contributed by atoms with Gasteiger partial charge in [0, 0.05) is 12.2 Å². The Morgan fingerprint density at radius 2 is 2.07 bits per heavy atom. The summed E-state index contributed by atoms with van der Waals surface area (Å²) in [5.41, 5.74) is 0. The van der Waals surface area contributed by atoms with Crippen molar-refractivity contribution in [1.29, 1.82) is 4.78 Å². The Morgan fingerprint density at radius 1 is 1.47 bits per heavy atom. The van der Waals surface area contributed by atoms with Crippen molar-refractivity contribution in [2.45, 2.75) is 45.3 Å². The molecule has 0 saturated carbocycles. The largest absolute Gasteiger partial charge is 0.317 e. The standard InChI is InChI=1S/C12H24N2S/c1-4-10(3)12(15(13)5-2)11-6-8-14-9-7-11/h10-14H,4,6-9H2,1-3H3. The lowest BCUT2D eigenvalue weighted by molar-refractivity contribution is 0.315. The maximum atomic E-state index is 8.14. The van der Waals surface area contributed by atoms with E-state index < -0.39 is 0 Å². The van der Waals surface area contributed by atoms with Gasteiger partial charge in [-0.3, -0.25) is 4.78 Å². The Labute approximate surface area is 96.0 Å². The van der Waals surface area contributed by atoms with Gasteiger partial charge in [-0.1, -0.05) is 35.6 Å². The highest BCUT2D eigenvalue weighted by Crippen LogP contribution is 2.26. The first-order valence-electron chi connectivity index (χ1n) is 6.03. The first kappa shape index (κ1) is 12.8. The van der Waals surface area contributed by atoms with E-state index in [0.29, 0.717) is 11.2 Å². The summed E-state index contributed by atoms with van der Waals surface area (Å²) in [6.45, 7) is 8.74. The minimum absolute atomic E-state index is 0.370. The molecule has 0 amide bonds. The second-order valence-corrected chi connectivity index (χ2v) is 6.11. The van der Waals surface area contributed by atoms with Gasteiger partial charge in [-0.05, 0) is 37.8 Å². The van der Waals surface area contributed by atoms with Crippen molar-refractivity contribution in [2.75, 3.05) is 13.1 Å². The summed E-state index contributed by atoms with van der Waals surface area (Å²) >= 11 is 0. The molecule has 1 aliphatic rings. The molecule has 15 heavy (non-hydrogen) atoms. The average Bonchev–Trinajstić information content (AvgIpc) is 2.30. The topological polar surface area (TPSA) is 35.9 Å². The minimum atomic E-state index is -0.370. The number of nitrogens with one attached hydrogen (secondary N) is 2. The van der Waals surface area contributed by atoms with E-state index in [1.54, 1.807) is 0 Å². The van der Waals surface area contributed by atoms with Crippen molar-refractivity contribution in [3.8, 4) is 5.18 Å². The zero-order valence-corrected chi connectivity index (χ0v) is 11.0. The van der Waals surface area contributed by atoms with Crippen LogP contribution >= 0.6 is 0 Å². The van der Waals surface area contributed by atoms with Gasteiger partial charge in [-0.2, -0.15) is 0 Å². The molecule has 2 atom stereocenters. The smallest absolute Gasteiger partial charge is 0.0417 e. The van der Waals surface area contributed by atoms with Crippen LogP contribution in [0.2, 0.25) is 0 Å². The van der Waals surface area contributed by atoms with Crippen LogP contribution in [0.5, 0.6) is 0 Å². The first-order chi connectivity index (χ1) is 7.20. The van der Waals surface area contributed by atoms with Crippen LogP contribution < -0.4 is 5.32 Å². The lowest BCUT2D eigenvalue weighted by atomic mass is 9.87. The zero-order valence-electron chi connectivity index (χ0n) is 10.2. The summed E-state index contributed by atoms with van der Waals surface area (Å²) in [6, 6.07) is 0. The molecule has 3 heteroatoms. The van der Waals surface area contributed by atoms with Crippen LogP contribution in [0.4, 0.5) is 0 Å². The molecule has 1 fully saturated rings. The molecule has 0 aliphatic carbocycles. The van der Waals surface area contributed by atoms with Crippen LogP contribution in [0.3, 0.4) is 0 Å². The third-order valence-corrected chi connectivity index (χ3v) is 5.38. The first-order valence-corrected chi connectivity index (χ1v) is 7.31. The molecule has 0 aromatic carbocycles. The highest BCUT2D eigenvalue weighted by molar-refractivity contribution is 7.76. The zero-order chi connectivity index (χ0) is 11.3. The van der Waals surface area contributed by atoms with Crippen molar-refractivity contribution in [2.24, 2.45) is 11.8 Å². The molecule has 2 nitrogen and oxygen atoms in total. The molecule has 1 aliphatic heterocycles. The van der Waals surface area contributed by atoms with E-state index in [2.05, 4.69) is 24.3 Å². The molecule has 1 rings (SSSR count). The van der Waals surface area contributed by atoms with Crippen molar-refractivity contribution >= 4 is 10.1 Å². The van der Waals surface area contributed by atoms with Crippen LogP contribution in [0.1, 0.15) is 40.0 Å². The van der Waals surface area contributed by atoms with E-state index in [4.69, 9.17) is 4.78 Å². The lowest BCUT2D eigenvalue weighted by Crippen LogP contribution is -2.37. The summed E-state index contributed by atoms with van der Waals surface area (Å²) in [6.07, 6.45) is 3.69. The molecule has 0 aromatic rings. The fourth-order valence-electron chi connectivity index (χ4n) is 2.43. The fraction of sp³-hybridized carbons (Fsp3) is 0.917. The van der Waals surface area contributed by atoms with Crippen molar-refractivity contribution in [3.05, 3.63) is 0 Å². The van der Waals surface area contributed by atoms with Crippen LogP contribution in [0.15, 0.2) is 0 Å². The molecule has 1 heterocycles. The second kappa shape index (κ2) is 6.37. The van der Waals surface area contributed by atoms with Crippen LogP contribution in [0.25, 0.3) is 0 Å². The Hall–Kier alpha value is -0.240. The summed E-state index contributed by atoms with van der Waals surface area (Å²) in [7, 11) is -0.370. The molecular weight excluding hydrogens is 204 g/mol. The predicted octanol–water partition coefficient (Wildman–Crippen LogP) is 2.76. The SMILES string of the molecule is CC#S(=N)C(C(C)CC)C1CCNCC1. The lowest BCUT2D eigenvalue weighted by Gasteiger charge is -2.31. The highest BCUT2D eigenvalue weighted by Gasteiger charge is 2.27. The monoisotopic (exact) mass is 228 g/mol. The normalized spacial score (nSPS) is 21.8. The summed E-state index contributed by atoms with van der Waals surface area (Å²) in [5.74, 6) is 1.41. The third-order valence-electron chi connectivity index (χ3n) is 3.55. The van der Waals surface area contributed by atoms with Crippen LogP contribution in [0, 0.1) is 21.8 Å². The van der Waals surface area contributed by atoms with Crippen LogP contribution in [-0.2, 0) is 10.1 Å². The van der Waals surface area contributed by atoms with Gasteiger partial charge in [0.15, 0.2) is 0 Å². The van der Waals surface area contributed by atoms with E-state index in [9.17, 15) is 0 Å². The van der Waals surface area contributed by atoms with E-state index >= 15 is 0 Å². The number of rotatable bonds is 3. The van der Waals surface area contributed by atoms with E-state index in [1.807, 2.05) is 6.92 Å². The van der Waals surface area contributed by atoms with Gasteiger partial charge < -0.3 is 5.32 Å². The van der Waals surface area contributed by atoms with Gasteiger partial charge in [-0.15, -0.1) is 0 Å². The van der Waals surface area contributed by atoms with Gasteiger partial charge in [0.25, 0.3) is 0 Å². The summed E-state index contributed by atoms with van der Waals surface area (Å²) < 4.78 is 8.14. The number of piperidine rings is 1. The van der Waals surface area contributed by atoms with Crippen molar-refractivity contribution < 1.29 is 0 Å². The fourth-order valence-corrected chi connectivity index (χ4v) is 4.02. The minimum Gasteiger partial charge on any atom is -0.317 e. The number of hydrogen-bond donors (Lipinski definition) is 2. The number of hydrogen-bond acceptors (Lipinski definition) is 2. The molecule has 2 N–H and O–H groups in total.